The van der Waals surface area contributed by atoms with E-state index in [1.807, 2.05) is 0 Å². The Bertz CT molecular complexity index is 272. The number of nitrogens with one attached hydrogen (secondary N) is 1. The highest BCUT2D eigenvalue weighted by Crippen LogP contribution is 2.11. The van der Waals surface area contributed by atoms with Crippen LogP contribution in [0.25, 0.3) is 0 Å². The van der Waals surface area contributed by atoms with Crippen molar-refractivity contribution in [2.45, 2.75) is 13.0 Å². The maximum absolute atomic E-state index is 8.99. The monoisotopic (exact) mass is 246 g/mol. The first-order valence-corrected chi connectivity index (χ1v) is 4.59. The molecule has 0 radical (unpaired) electrons. The zero-order valence-corrected chi connectivity index (χ0v) is 8.74. The van der Waals surface area contributed by atoms with E-state index in [-0.39, 0.29) is 0 Å². The molecule has 72 valence electrons. The molecule has 1 unspecified atom stereocenters. The molecule has 0 amide bonds. The number of aliphatic hydroxyl groups excluding tert-OH is 1. The fourth-order valence-electron chi connectivity index (χ4n) is 0.753. The number of halogens is 1. The lowest BCUT2D eigenvalue weighted by atomic mass is 10.4. The van der Waals surface area contributed by atoms with E-state index in [0.29, 0.717) is 22.9 Å². The van der Waals surface area contributed by atoms with E-state index in [9.17, 15) is 0 Å². The second-order valence-corrected chi connectivity index (χ2v) is 3.48. The molecule has 4 N–H and O–H groups in total. The third-order valence-corrected chi connectivity index (χ3v) is 1.68. The Kier molecular flexibility index (Phi) is 3.44. The molecule has 0 aromatic carbocycles. The van der Waals surface area contributed by atoms with Crippen molar-refractivity contribution in [3.63, 3.8) is 0 Å². The molecule has 6 heteroatoms. The maximum atomic E-state index is 8.99. The average molecular weight is 247 g/mol. The summed E-state index contributed by atoms with van der Waals surface area (Å²) in [5.74, 6) is 0.794. The zero-order chi connectivity index (χ0) is 9.84. The van der Waals surface area contributed by atoms with Crippen LogP contribution in [0.15, 0.2) is 10.7 Å². The molecule has 0 bridgehead atoms. The molecule has 5 nitrogen and oxygen atoms in total. The largest absolute Gasteiger partial charge is 0.392 e. The lowest BCUT2D eigenvalue weighted by Crippen LogP contribution is -2.17. The molecule has 1 atom stereocenters. The number of nitrogen functional groups attached to an aromatic ring is 1. The molecule has 0 aliphatic heterocycles. The van der Waals surface area contributed by atoms with E-state index >= 15 is 0 Å². The maximum Gasteiger partial charge on any atom is 0.225 e. The van der Waals surface area contributed by atoms with Crippen molar-refractivity contribution >= 4 is 27.7 Å². The van der Waals surface area contributed by atoms with Crippen LogP contribution in [0.2, 0.25) is 0 Å². The first-order valence-electron chi connectivity index (χ1n) is 3.80. The van der Waals surface area contributed by atoms with Crippen LogP contribution in [0, 0.1) is 0 Å². The van der Waals surface area contributed by atoms with Gasteiger partial charge in [0.05, 0.1) is 6.10 Å². The molecule has 0 aliphatic carbocycles. The van der Waals surface area contributed by atoms with Crippen LogP contribution in [0.1, 0.15) is 6.92 Å². The predicted molar refractivity (Wildman–Crippen MR) is 54.3 cm³/mol. The van der Waals surface area contributed by atoms with Gasteiger partial charge < -0.3 is 16.2 Å². The fourth-order valence-corrected chi connectivity index (χ4v) is 1.16. The molecule has 0 spiro atoms. The molecule has 1 aromatic heterocycles. The molecule has 1 aromatic rings. The smallest absolute Gasteiger partial charge is 0.225 e. The van der Waals surface area contributed by atoms with E-state index in [1.54, 1.807) is 13.0 Å². The van der Waals surface area contributed by atoms with Crippen molar-refractivity contribution in [1.82, 2.24) is 9.97 Å². The number of aromatic nitrogens is 2. The number of hydrogen-bond acceptors (Lipinski definition) is 5. The highest BCUT2D eigenvalue weighted by atomic mass is 79.9. The number of aliphatic hydroxyl groups is 1. The highest BCUT2D eigenvalue weighted by Gasteiger charge is 2.01. The van der Waals surface area contributed by atoms with E-state index < -0.39 is 6.10 Å². The molecule has 1 heterocycles. The van der Waals surface area contributed by atoms with Crippen LogP contribution in [0.4, 0.5) is 11.8 Å². The summed E-state index contributed by atoms with van der Waals surface area (Å²) in [7, 11) is 0. The molecule has 0 saturated heterocycles. The van der Waals surface area contributed by atoms with Crippen LogP contribution in [0.5, 0.6) is 0 Å². The Balaban J connectivity index is 2.66. The zero-order valence-electron chi connectivity index (χ0n) is 7.16. The lowest BCUT2D eigenvalue weighted by Gasteiger charge is -2.07. The highest BCUT2D eigenvalue weighted by molar-refractivity contribution is 9.10. The Hall–Kier alpha value is -0.880. The number of hydrogen-bond donors (Lipinski definition) is 3. The summed E-state index contributed by atoms with van der Waals surface area (Å²) in [5.41, 5.74) is 5.48. The van der Waals surface area contributed by atoms with Gasteiger partial charge in [-0.15, -0.1) is 0 Å². The van der Waals surface area contributed by atoms with Crippen molar-refractivity contribution < 1.29 is 5.11 Å². The van der Waals surface area contributed by atoms with Crippen LogP contribution in [-0.4, -0.2) is 27.7 Å². The number of anilines is 2. The van der Waals surface area contributed by atoms with Gasteiger partial charge in [-0.2, -0.15) is 4.98 Å². The predicted octanol–water partition coefficient (Wildman–Crippen LogP) is 0.614. The van der Waals surface area contributed by atoms with Gasteiger partial charge in [-0.25, -0.2) is 4.98 Å². The lowest BCUT2D eigenvalue weighted by molar-refractivity contribution is 0.208. The van der Waals surface area contributed by atoms with Crippen molar-refractivity contribution in [1.29, 1.82) is 0 Å². The Morgan fingerprint density at radius 3 is 2.92 bits per heavy atom. The Morgan fingerprint density at radius 2 is 2.38 bits per heavy atom. The molecule has 0 fully saturated rings. The summed E-state index contributed by atoms with van der Waals surface area (Å²) >= 11 is 3.19. The molecule has 0 aliphatic rings. The minimum Gasteiger partial charge on any atom is -0.392 e. The van der Waals surface area contributed by atoms with E-state index in [4.69, 9.17) is 10.8 Å². The third kappa shape index (κ3) is 3.56. The van der Waals surface area contributed by atoms with Gasteiger partial charge in [0, 0.05) is 12.6 Å². The molecule has 0 saturated carbocycles. The van der Waals surface area contributed by atoms with Crippen molar-refractivity contribution in [3.8, 4) is 0 Å². The SMILES string of the molecule is CC(O)CNc1nc(N)cc(Br)n1. The summed E-state index contributed by atoms with van der Waals surface area (Å²) in [4.78, 5) is 7.93. The minimum absolute atomic E-state index is 0.384. The van der Waals surface area contributed by atoms with Gasteiger partial charge in [-0.3, -0.25) is 0 Å². The molecule has 13 heavy (non-hydrogen) atoms. The summed E-state index contributed by atoms with van der Waals surface area (Å²) in [6.45, 7) is 2.07. The Morgan fingerprint density at radius 1 is 1.69 bits per heavy atom. The van der Waals surface area contributed by atoms with Crippen LogP contribution < -0.4 is 11.1 Å². The summed E-state index contributed by atoms with van der Waals surface area (Å²) in [6, 6.07) is 1.60. The first kappa shape index (κ1) is 10.2. The van der Waals surface area contributed by atoms with E-state index in [0.717, 1.165) is 0 Å². The number of nitrogens with zero attached hydrogens (tertiary/aromatic N) is 2. The van der Waals surface area contributed by atoms with Crippen molar-refractivity contribution in [2.75, 3.05) is 17.6 Å². The standard InChI is InChI=1S/C7H11BrN4O/c1-4(13)3-10-7-11-5(8)2-6(9)12-7/h2,4,13H,3H2,1H3,(H3,9,10,11,12). The van der Waals surface area contributed by atoms with Crippen molar-refractivity contribution in [2.24, 2.45) is 0 Å². The topological polar surface area (TPSA) is 84.1 Å². The first-order chi connectivity index (χ1) is 6.08. The molecular formula is C7H11BrN4O. The van der Waals surface area contributed by atoms with Gasteiger partial charge in [0.2, 0.25) is 5.95 Å². The van der Waals surface area contributed by atoms with Crippen molar-refractivity contribution in [3.05, 3.63) is 10.7 Å². The van der Waals surface area contributed by atoms with Gasteiger partial charge in [-0.1, -0.05) is 0 Å². The average Bonchev–Trinajstić information content (AvgIpc) is 1.99. The van der Waals surface area contributed by atoms with Gasteiger partial charge >= 0.3 is 0 Å². The normalized spacial score (nSPS) is 12.5. The molecular weight excluding hydrogens is 236 g/mol. The summed E-state index contributed by atoms with van der Waals surface area (Å²) < 4.78 is 0.619. The summed E-state index contributed by atoms with van der Waals surface area (Å²) in [6.07, 6.45) is -0.441. The van der Waals surface area contributed by atoms with E-state index in [2.05, 4.69) is 31.2 Å². The fraction of sp³-hybridized carbons (Fsp3) is 0.429. The van der Waals surface area contributed by atoms with Gasteiger partial charge in [0.25, 0.3) is 0 Å². The summed E-state index contributed by atoms with van der Waals surface area (Å²) in [5, 5.41) is 11.8. The van der Waals surface area contributed by atoms with Crippen LogP contribution in [0.3, 0.4) is 0 Å². The van der Waals surface area contributed by atoms with Gasteiger partial charge in [0.1, 0.15) is 10.4 Å². The second-order valence-electron chi connectivity index (χ2n) is 2.67. The van der Waals surface area contributed by atoms with Crippen LogP contribution in [-0.2, 0) is 0 Å². The molecule has 1 rings (SSSR count). The number of nitrogens with two attached hydrogens (primary N) is 1. The quantitative estimate of drug-likeness (QED) is 0.681. The third-order valence-electron chi connectivity index (χ3n) is 1.27. The van der Waals surface area contributed by atoms with Crippen LogP contribution >= 0.6 is 15.9 Å². The Labute approximate surface area is 84.5 Å². The van der Waals surface area contributed by atoms with Gasteiger partial charge in [-0.05, 0) is 22.9 Å². The minimum atomic E-state index is -0.441. The second kappa shape index (κ2) is 4.38. The number of rotatable bonds is 3. The van der Waals surface area contributed by atoms with Gasteiger partial charge in [0.15, 0.2) is 0 Å². The van der Waals surface area contributed by atoms with E-state index in [1.165, 1.54) is 0 Å².